The lowest BCUT2D eigenvalue weighted by molar-refractivity contribution is 0.164. The Morgan fingerprint density at radius 2 is 2.25 bits per heavy atom. The Morgan fingerprint density at radius 1 is 1.40 bits per heavy atom. The summed E-state index contributed by atoms with van der Waals surface area (Å²) < 4.78 is 5.30. The maximum atomic E-state index is 5.30. The van der Waals surface area contributed by atoms with Crippen LogP contribution in [0.5, 0.6) is 5.75 Å². The first-order valence-electron chi connectivity index (χ1n) is 7.76. The first-order valence-corrected chi connectivity index (χ1v) is 7.76. The standard InChI is InChI=1S/C17H28N2O/c1-14(2)18-11-16-7-5-9-19(13-16)12-15-6-4-8-17(10-15)20-3/h4,6,8,10,14,16,18H,5,7,9,11-13H2,1-3H3. The van der Waals surface area contributed by atoms with E-state index >= 15 is 0 Å². The molecular formula is C17H28N2O. The molecule has 1 aliphatic rings. The van der Waals surface area contributed by atoms with Crippen molar-refractivity contribution >= 4 is 0 Å². The summed E-state index contributed by atoms with van der Waals surface area (Å²) in [5, 5.41) is 3.57. The van der Waals surface area contributed by atoms with Gasteiger partial charge in [0.2, 0.25) is 0 Å². The number of rotatable bonds is 6. The highest BCUT2D eigenvalue weighted by Crippen LogP contribution is 2.20. The topological polar surface area (TPSA) is 24.5 Å². The third-order valence-corrected chi connectivity index (χ3v) is 3.96. The van der Waals surface area contributed by atoms with E-state index in [2.05, 4.69) is 42.3 Å². The van der Waals surface area contributed by atoms with E-state index in [-0.39, 0.29) is 0 Å². The molecule has 1 unspecified atom stereocenters. The first kappa shape index (κ1) is 15.3. The largest absolute Gasteiger partial charge is 0.497 e. The number of likely N-dealkylation sites (tertiary alicyclic amines) is 1. The SMILES string of the molecule is COc1cccc(CN2CCCC(CNC(C)C)C2)c1. The lowest BCUT2D eigenvalue weighted by Gasteiger charge is -2.33. The molecule has 3 heteroatoms. The molecule has 0 aliphatic carbocycles. The Balaban J connectivity index is 1.85. The van der Waals surface area contributed by atoms with Gasteiger partial charge in [0.05, 0.1) is 7.11 Å². The van der Waals surface area contributed by atoms with E-state index in [0.29, 0.717) is 6.04 Å². The third kappa shape index (κ3) is 4.80. The van der Waals surface area contributed by atoms with Gasteiger partial charge in [-0.3, -0.25) is 4.90 Å². The smallest absolute Gasteiger partial charge is 0.119 e. The van der Waals surface area contributed by atoms with Crippen molar-refractivity contribution in [2.45, 2.75) is 39.3 Å². The number of nitrogens with zero attached hydrogens (tertiary/aromatic N) is 1. The molecule has 0 aromatic heterocycles. The number of nitrogens with one attached hydrogen (secondary N) is 1. The summed E-state index contributed by atoms with van der Waals surface area (Å²) in [5.74, 6) is 1.74. The second kappa shape index (κ2) is 7.65. The number of hydrogen-bond acceptors (Lipinski definition) is 3. The lowest BCUT2D eigenvalue weighted by Crippen LogP contribution is -2.40. The fourth-order valence-electron chi connectivity index (χ4n) is 2.89. The van der Waals surface area contributed by atoms with E-state index in [1.165, 1.54) is 31.5 Å². The van der Waals surface area contributed by atoms with E-state index in [1.807, 2.05) is 6.07 Å². The van der Waals surface area contributed by atoms with Crippen LogP contribution in [0, 0.1) is 5.92 Å². The van der Waals surface area contributed by atoms with Gasteiger partial charge in [-0.1, -0.05) is 26.0 Å². The molecule has 1 N–H and O–H groups in total. The summed E-state index contributed by atoms with van der Waals surface area (Å²) in [6.07, 6.45) is 2.67. The van der Waals surface area contributed by atoms with Gasteiger partial charge in [-0.2, -0.15) is 0 Å². The van der Waals surface area contributed by atoms with Crippen LogP contribution in [0.25, 0.3) is 0 Å². The Kier molecular flexibility index (Phi) is 5.86. The maximum absolute atomic E-state index is 5.30. The summed E-state index contributed by atoms with van der Waals surface area (Å²) in [7, 11) is 1.73. The minimum Gasteiger partial charge on any atom is -0.497 e. The van der Waals surface area contributed by atoms with E-state index < -0.39 is 0 Å². The average Bonchev–Trinajstić information content (AvgIpc) is 2.46. The van der Waals surface area contributed by atoms with Crippen molar-refractivity contribution < 1.29 is 4.74 Å². The van der Waals surface area contributed by atoms with Crippen LogP contribution >= 0.6 is 0 Å². The van der Waals surface area contributed by atoms with Gasteiger partial charge in [-0.25, -0.2) is 0 Å². The van der Waals surface area contributed by atoms with Crippen LogP contribution in [0.2, 0.25) is 0 Å². The molecule has 0 spiro atoms. The van der Waals surface area contributed by atoms with Crippen molar-refractivity contribution in [3.63, 3.8) is 0 Å². The van der Waals surface area contributed by atoms with Gasteiger partial charge in [-0.05, 0) is 49.5 Å². The molecule has 0 amide bonds. The predicted molar refractivity (Wildman–Crippen MR) is 84.1 cm³/mol. The summed E-state index contributed by atoms with van der Waals surface area (Å²) in [6, 6.07) is 9.02. The minimum atomic E-state index is 0.587. The van der Waals surface area contributed by atoms with Crippen LogP contribution in [0.3, 0.4) is 0 Å². The molecule has 0 bridgehead atoms. The van der Waals surface area contributed by atoms with Crippen LogP contribution < -0.4 is 10.1 Å². The molecule has 20 heavy (non-hydrogen) atoms. The van der Waals surface area contributed by atoms with Crippen LogP contribution in [0.1, 0.15) is 32.3 Å². The van der Waals surface area contributed by atoms with E-state index in [9.17, 15) is 0 Å². The second-order valence-electron chi connectivity index (χ2n) is 6.16. The van der Waals surface area contributed by atoms with Gasteiger partial charge < -0.3 is 10.1 Å². The van der Waals surface area contributed by atoms with Gasteiger partial charge in [-0.15, -0.1) is 0 Å². The molecule has 1 heterocycles. The average molecular weight is 276 g/mol. The summed E-state index contributed by atoms with van der Waals surface area (Å²) in [4.78, 5) is 2.57. The monoisotopic (exact) mass is 276 g/mol. The molecule has 2 rings (SSSR count). The van der Waals surface area contributed by atoms with Crippen LogP contribution in [-0.4, -0.2) is 37.7 Å². The number of hydrogen-bond donors (Lipinski definition) is 1. The van der Waals surface area contributed by atoms with E-state index in [1.54, 1.807) is 7.11 Å². The highest BCUT2D eigenvalue weighted by Gasteiger charge is 2.19. The maximum Gasteiger partial charge on any atom is 0.119 e. The molecular weight excluding hydrogens is 248 g/mol. The number of methoxy groups -OCH3 is 1. The Morgan fingerprint density at radius 3 is 3.00 bits per heavy atom. The van der Waals surface area contributed by atoms with Gasteiger partial charge in [0.25, 0.3) is 0 Å². The quantitative estimate of drug-likeness (QED) is 0.864. The number of piperidine rings is 1. The van der Waals surface area contributed by atoms with E-state index in [4.69, 9.17) is 4.74 Å². The van der Waals surface area contributed by atoms with Crippen molar-refractivity contribution in [1.82, 2.24) is 10.2 Å². The highest BCUT2D eigenvalue weighted by atomic mass is 16.5. The van der Waals surface area contributed by atoms with Crippen LogP contribution in [0.15, 0.2) is 24.3 Å². The van der Waals surface area contributed by atoms with Crippen molar-refractivity contribution in [2.75, 3.05) is 26.7 Å². The third-order valence-electron chi connectivity index (χ3n) is 3.96. The fourth-order valence-corrected chi connectivity index (χ4v) is 2.89. The van der Waals surface area contributed by atoms with Gasteiger partial charge >= 0.3 is 0 Å². The van der Waals surface area contributed by atoms with Crippen molar-refractivity contribution in [1.29, 1.82) is 0 Å². The molecule has 0 saturated carbocycles. The molecule has 3 nitrogen and oxygen atoms in total. The predicted octanol–water partition coefficient (Wildman–Crippen LogP) is 2.91. The van der Waals surface area contributed by atoms with Gasteiger partial charge in [0.15, 0.2) is 0 Å². The molecule has 1 fully saturated rings. The fraction of sp³-hybridized carbons (Fsp3) is 0.647. The van der Waals surface area contributed by atoms with Gasteiger partial charge in [0.1, 0.15) is 5.75 Å². The van der Waals surface area contributed by atoms with Crippen molar-refractivity contribution in [3.8, 4) is 5.75 Å². The first-order chi connectivity index (χ1) is 9.67. The van der Waals surface area contributed by atoms with Crippen LogP contribution in [-0.2, 0) is 6.54 Å². The zero-order chi connectivity index (χ0) is 14.4. The molecule has 112 valence electrons. The molecule has 1 aliphatic heterocycles. The van der Waals surface area contributed by atoms with E-state index in [0.717, 1.165) is 24.8 Å². The lowest BCUT2D eigenvalue weighted by atomic mass is 9.97. The Bertz CT molecular complexity index is 406. The normalized spacial score (nSPS) is 20.3. The highest BCUT2D eigenvalue weighted by molar-refractivity contribution is 5.28. The van der Waals surface area contributed by atoms with Crippen LogP contribution in [0.4, 0.5) is 0 Å². The zero-order valence-corrected chi connectivity index (χ0v) is 13.1. The molecule has 1 aromatic carbocycles. The Hall–Kier alpha value is -1.06. The Labute approximate surface area is 123 Å². The summed E-state index contributed by atoms with van der Waals surface area (Å²) in [5.41, 5.74) is 1.35. The minimum absolute atomic E-state index is 0.587. The molecule has 0 radical (unpaired) electrons. The van der Waals surface area contributed by atoms with Crippen molar-refractivity contribution in [3.05, 3.63) is 29.8 Å². The second-order valence-corrected chi connectivity index (χ2v) is 6.16. The summed E-state index contributed by atoms with van der Waals surface area (Å²) >= 11 is 0. The summed E-state index contributed by atoms with van der Waals surface area (Å²) in [6.45, 7) is 9.04. The number of benzene rings is 1. The van der Waals surface area contributed by atoms with Crippen molar-refractivity contribution in [2.24, 2.45) is 5.92 Å². The number of ether oxygens (including phenoxy) is 1. The molecule has 1 aromatic rings. The molecule has 1 atom stereocenters. The van der Waals surface area contributed by atoms with Gasteiger partial charge in [0, 0.05) is 19.1 Å². The molecule has 1 saturated heterocycles. The zero-order valence-electron chi connectivity index (χ0n) is 13.1.